The molecule has 0 saturated carbocycles. The van der Waals surface area contributed by atoms with Crippen molar-refractivity contribution in [2.75, 3.05) is 0 Å². The summed E-state index contributed by atoms with van der Waals surface area (Å²) in [6.45, 7) is 3.48. The van der Waals surface area contributed by atoms with Gasteiger partial charge in [-0.2, -0.15) is 0 Å². The van der Waals surface area contributed by atoms with Gasteiger partial charge in [0.25, 0.3) is 0 Å². The van der Waals surface area contributed by atoms with E-state index in [1.807, 2.05) is 6.29 Å². The standard InChI is InChI=1S/C11H12FO/c1-11(2,8-13)7-9-5-3-4-6-10(9)12/h3-6H,7H2,1-2H3. The Morgan fingerprint density at radius 3 is 2.54 bits per heavy atom. The summed E-state index contributed by atoms with van der Waals surface area (Å²) in [7, 11) is 0. The molecule has 0 aliphatic rings. The lowest BCUT2D eigenvalue weighted by molar-refractivity contribution is 0.441. The number of benzene rings is 1. The smallest absolute Gasteiger partial charge is 0.204 e. The lowest BCUT2D eigenvalue weighted by atomic mass is 9.87. The van der Waals surface area contributed by atoms with Crippen LogP contribution in [0.15, 0.2) is 24.3 Å². The van der Waals surface area contributed by atoms with E-state index in [2.05, 4.69) is 0 Å². The second-order valence-electron chi connectivity index (χ2n) is 3.75. The van der Waals surface area contributed by atoms with Gasteiger partial charge in [-0.05, 0) is 18.1 Å². The van der Waals surface area contributed by atoms with Crippen LogP contribution in [-0.4, -0.2) is 6.29 Å². The molecule has 0 aliphatic carbocycles. The first-order valence-electron chi connectivity index (χ1n) is 4.18. The zero-order valence-corrected chi connectivity index (χ0v) is 7.80. The van der Waals surface area contributed by atoms with Crippen LogP contribution < -0.4 is 0 Å². The predicted molar refractivity (Wildman–Crippen MR) is 49.6 cm³/mol. The molecule has 0 N–H and O–H groups in total. The van der Waals surface area contributed by atoms with E-state index in [1.54, 1.807) is 32.0 Å². The molecule has 0 amide bonds. The molecule has 1 radical (unpaired) electrons. The number of hydrogen-bond donors (Lipinski definition) is 0. The van der Waals surface area contributed by atoms with Crippen LogP contribution in [0.3, 0.4) is 0 Å². The third kappa shape index (κ3) is 2.65. The summed E-state index contributed by atoms with van der Waals surface area (Å²) in [4.78, 5) is 10.5. The van der Waals surface area contributed by atoms with Gasteiger partial charge in [0.05, 0.1) is 0 Å². The first-order valence-corrected chi connectivity index (χ1v) is 4.18. The molecule has 0 aromatic heterocycles. The Labute approximate surface area is 77.6 Å². The van der Waals surface area contributed by atoms with Crippen molar-refractivity contribution in [3.05, 3.63) is 35.6 Å². The van der Waals surface area contributed by atoms with E-state index < -0.39 is 5.41 Å². The van der Waals surface area contributed by atoms with Gasteiger partial charge < -0.3 is 0 Å². The average molecular weight is 179 g/mol. The van der Waals surface area contributed by atoms with Crippen molar-refractivity contribution in [3.8, 4) is 0 Å². The minimum absolute atomic E-state index is 0.258. The fourth-order valence-electron chi connectivity index (χ4n) is 1.15. The molecule has 1 rings (SSSR count). The highest BCUT2D eigenvalue weighted by molar-refractivity contribution is 5.59. The minimum atomic E-state index is -0.609. The predicted octanol–water partition coefficient (Wildman–Crippen LogP) is 2.50. The summed E-state index contributed by atoms with van der Waals surface area (Å²) in [5.74, 6) is -0.258. The quantitative estimate of drug-likeness (QED) is 0.696. The molecule has 0 fully saturated rings. The molecule has 2 heteroatoms. The number of rotatable bonds is 3. The van der Waals surface area contributed by atoms with Crippen LogP contribution in [0.1, 0.15) is 19.4 Å². The van der Waals surface area contributed by atoms with Gasteiger partial charge in [-0.1, -0.05) is 32.0 Å². The van der Waals surface area contributed by atoms with Gasteiger partial charge in [0, 0.05) is 5.41 Å². The highest BCUT2D eigenvalue weighted by Gasteiger charge is 2.19. The molecule has 1 aromatic rings. The topological polar surface area (TPSA) is 17.1 Å². The molecule has 0 heterocycles. The van der Waals surface area contributed by atoms with Crippen molar-refractivity contribution in [1.29, 1.82) is 0 Å². The molecule has 0 spiro atoms. The van der Waals surface area contributed by atoms with Gasteiger partial charge in [-0.25, -0.2) is 4.39 Å². The maximum atomic E-state index is 13.1. The molecule has 0 aliphatic heterocycles. The first-order chi connectivity index (χ1) is 6.05. The molecule has 0 atom stereocenters. The van der Waals surface area contributed by atoms with E-state index in [4.69, 9.17) is 0 Å². The fourth-order valence-corrected chi connectivity index (χ4v) is 1.15. The second kappa shape index (κ2) is 3.69. The van der Waals surface area contributed by atoms with E-state index in [1.165, 1.54) is 6.07 Å². The molecule has 13 heavy (non-hydrogen) atoms. The summed E-state index contributed by atoms with van der Waals surface area (Å²) in [5.41, 5.74) is -0.0433. The molecule has 69 valence electrons. The Morgan fingerprint density at radius 1 is 1.38 bits per heavy atom. The van der Waals surface area contributed by atoms with E-state index in [9.17, 15) is 9.18 Å². The van der Waals surface area contributed by atoms with Gasteiger partial charge in [-0.3, -0.25) is 4.79 Å². The van der Waals surface area contributed by atoms with E-state index in [0.717, 1.165) is 0 Å². The van der Waals surface area contributed by atoms with Crippen molar-refractivity contribution in [2.45, 2.75) is 20.3 Å². The largest absolute Gasteiger partial charge is 0.290 e. The Balaban J connectivity index is 2.86. The van der Waals surface area contributed by atoms with Gasteiger partial charge in [-0.15, -0.1) is 0 Å². The maximum absolute atomic E-state index is 13.1. The third-order valence-corrected chi connectivity index (χ3v) is 1.87. The third-order valence-electron chi connectivity index (χ3n) is 1.87. The zero-order valence-electron chi connectivity index (χ0n) is 7.80. The summed E-state index contributed by atoms with van der Waals surface area (Å²) in [6.07, 6.45) is 2.29. The van der Waals surface area contributed by atoms with Crippen molar-refractivity contribution in [1.82, 2.24) is 0 Å². The van der Waals surface area contributed by atoms with Gasteiger partial charge in [0.2, 0.25) is 6.29 Å². The van der Waals surface area contributed by atoms with Crippen molar-refractivity contribution in [2.24, 2.45) is 5.41 Å². The van der Waals surface area contributed by atoms with Crippen LogP contribution >= 0.6 is 0 Å². The Kier molecular flexibility index (Phi) is 2.81. The monoisotopic (exact) mass is 179 g/mol. The molecular formula is C11H12FO. The summed E-state index contributed by atoms with van der Waals surface area (Å²) >= 11 is 0. The van der Waals surface area contributed by atoms with Crippen LogP contribution in [0.5, 0.6) is 0 Å². The normalized spacial score (nSPS) is 11.3. The van der Waals surface area contributed by atoms with E-state index in [-0.39, 0.29) is 5.82 Å². The number of carbonyl (C=O) groups excluding carboxylic acids is 1. The average Bonchev–Trinajstić information content (AvgIpc) is 2.09. The molecule has 0 unspecified atom stereocenters. The minimum Gasteiger partial charge on any atom is -0.290 e. The lowest BCUT2D eigenvalue weighted by Gasteiger charge is -2.15. The molecule has 0 saturated heterocycles. The summed E-state index contributed by atoms with van der Waals surface area (Å²) < 4.78 is 13.1. The van der Waals surface area contributed by atoms with Gasteiger partial charge >= 0.3 is 0 Å². The highest BCUT2D eigenvalue weighted by atomic mass is 19.1. The molecular weight excluding hydrogens is 167 g/mol. The number of hydrogen-bond acceptors (Lipinski definition) is 1. The lowest BCUT2D eigenvalue weighted by Crippen LogP contribution is -2.17. The van der Waals surface area contributed by atoms with Crippen LogP contribution in [0.25, 0.3) is 0 Å². The Hall–Kier alpha value is -1.18. The maximum Gasteiger partial charge on any atom is 0.204 e. The van der Waals surface area contributed by atoms with Crippen LogP contribution in [0, 0.1) is 11.2 Å². The molecule has 0 bridgehead atoms. The number of halogens is 1. The van der Waals surface area contributed by atoms with Gasteiger partial charge in [0.15, 0.2) is 0 Å². The fraction of sp³-hybridized carbons (Fsp3) is 0.364. The second-order valence-corrected chi connectivity index (χ2v) is 3.75. The summed E-state index contributed by atoms with van der Waals surface area (Å²) in [5, 5.41) is 0. The van der Waals surface area contributed by atoms with Gasteiger partial charge in [0.1, 0.15) is 5.82 Å². The van der Waals surface area contributed by atoms with Crippen LogP contribution in [0.4, 0.5) is 4.39 Å². The Morgan fingerprint density at radius 2 is 2.00 bits per heavy atom. The van der Waals surface area contributed by atoms with Crippen molar-refractivity contribution < 1.29 is 9.18 Å². The van der Waals surface area contributed by atoms with Crippen molar-refractivity contribution in [3.63, 3.8) is 0 Å². The Bertz CT molecular complexity index is 305. The molecule has 1 nitrogen and oxygen atoms in total. The SMILES string of the molecule is CC(C)([C]=O)Cc1ccccc1F. The van der Waals surface area contributed by atoms with E-state index in [0.29, 0.717) is 12.0 Å². The van der Waals surface area contributed by atoms with Crippen LogP contribution in [0.2, 0.25) is 0 Å². The van der Waals surface area contributed by atoms with Crippen LogP contribution in [-0.2, 0) is 11.2 Å². The zero-order chi connectivity index (χ0) is 9.90. The molecule has 1 aromatic carbocycles. The highest BCUT2D eigenvalue weighted by Crippen LogP contribution is 2.20. The first kappa shape index (κ1) is 9.90. The van der Waals surface area contributed by atoms with E-state index >= 15 is 0 Å². The summed E-state index contributed by atoms with van der Waals surface area (Å²) in [6, 6.07) is 6.49. The van der Waals surface area contributed by atoms with Crippen molar-refractivity contribution >= 4 is 6.29 Å².